The maximum atomic E-state index is 12.4. The molecule has 1 atom stereocenters. The molecule has 0 aliphatic carbocycles. The van der Waals surface area contributed by atoms with E-state index in [1.54, 1.807) is 23.9 Å². The Labute approximate surface area is 144 Å². The van der Waals surface area contributed by atoms with Crippen LogP contribution in [0.5, 0.6) is 0 Å². The van der Waals surface area contributed by atoms with Gasteiger partial charge in [-0.3, -0.25) is 9.69 Å². The van der Waals surface area contributed by atoms with E-state index in [1.807, 2.05) is 42.6 Å². The van der Waals surface area contributed by atoms with Crippen LogP contribution in [0, 0.1) is 0 Å². The minimum Gasteiger partial charge on any atom is -0.468 e. The van der Waals surface area contributed by atoms with Crippen molar-refractivity contribution in [3.8, 4) is 0 Å². The molecule has 3 aromatic heterocycles. The third-order valence-corrected chi connectivity index (χ3v) is 4.49. The summed E-state index contributed by atoms with van der Waals surface area (Å²) in [5.74, 6) is 1.56. The van der Waals surface area contributed by atoms with Crippen LogP contribution in [0.15, 0.2) is 63.1 Å². The molecule has 0 saturated carbocycles. The van der Waals surface area contributed by atoms with Gasteiger partial charge < -0.3 is 14.2 Å². The minimum absolute atomic E-state index is 0.0398. The molecular weight excluding hydrogens is 324 g/mol. The van der Waals surface area contributed by atoms with Gasteiger partial charge in [0.25, 0.3) is 0 Å². The van der Waals surface area contributed by atoms with E-state index in [-0.39, 0.29) is 11.9 Å². The van der Waals surface area contributed by atoms with Gasteiger partial charge in [0.15, 0.2) is 0 Å². The molecule has 24 heavy (non-hydrogen) atoms. The van der Waals surface area contributed by atoms with Crippen LogP contribution >= 0.6 is 11.3 Å². The second kappa shape index (κ2) is 7.99. The third kappa shape index (κ3) is 4.59. The zero-order valence-corrected chi connectivity index (χ0v) is 14.3. The highest BCUT2D eigenvalue weighted by atomic mass is 32.1. The summed E-state index contributed by atoms with van der Waals surface area (Å²) in [4.78, 5) is 15.7. The Balaban J connectivity index is 1.60. The average molecular weight is 344 g/mol. The molecule has 3 aromatic rings. The number of furan rings is 2. The predicted molar refractivity (Wildman–Crippen MR) is 92.4 cm³/mol. The Kier molecular flexibility index (Phi) is 5.51. The van der Waals surface area contributed by atoms with Crippen LogP contribution in [0.4, 0.5) is 0 Å². The number of carbonyl (C=O) groups is 1. The van der Waals surface area contributed by atoms with E-state index >= 15 is 0 Å². The highest BCUT2D eigenvalue weighted by Crippen LogP contribution is 2.16. The fourth-order valence-corrected chi connectivity index (χ4v) is 3.26. The number of amides is 1. The minimum atomic E-state index is -0.153. The van der Waals surface area contributed by atoms with E-state index in [2.05, 4.69) is 16.3 Å². The van der Waals surface area contributed by atoms with Crippen LogP contribution in [0.3, 0.4) is 0 Å². The van der Waals surface area contributed by atoms with Crippen LogP contribution in [-0.4, -0.2) is 17.4 Å². The van der Waals surface area contributed by atoms with Gasteiger partial charge in [0.1, 0.15) is 11.5 Å². The zero-order valence-electron chi connectivity index (χ0n) is 13.5. The van der Waals surface area contributed by atoms with Crippen molar-refractivity contribution < 1.29 is 13.6 Å². The Bertz CT molecular complexity index is 684. The van der Waals surface area contributed by atoms with Gasteiger partial charge in [0.05, 0.1) is 31.7 Å². The van der Waals surface area contributed by atoms with Gasteiger partial charge in [-0.2, -0.15) is 0 Å². The molecule has 1 amide bonds. The van der Waals surface area contributed by atoms with Crippen LogP contribution < -0.4 is 5.32 Å². The van der Waals surface area contributed by atoms with Gasteiger partial charge in [-0.25, -0.2) is 0 Å². The van der Waals surface area contributed by atoms with Crippen LogP contribution in [0.2, 0.25) is 0 Å². The monoisotopic (exact) mass is 344 g/mol. The predicted octanol–water partition coefficient (Wildman–Crippen LogP) is 3.81. The fraction of sp³-hybridized carbons (Fsp3) is 0.278. The summed E-state index contributed by atoms with van der Waals surface area (Å²) in [7, 11) is 0. The van der Waals surface area contributed by atoms with E-state index < -0.39 is 0 Å². The smallest absolute Gasteiger partial charge is 0.234 e. The molecule has 0 aliphatic rings. The lowest BCUT2D eigenvalue weighted by molar-refractivity contribution is -0.123. The summed E-state index contributed by atoms with van der Waals surface area (Å²) >= 11 is 1.68. The van der Waals surface area contributed by atoms with Crippen molar-refractivity contribution in [2.24, 2.45) is 0 Å². The maximum absolute atomic E-state index is 12.4. The SMILES string of the molecule is C[C@H](NC(=O)CN(Cc1ccco1)Cc1cccs1)c1ccco1. The van der Waals surface area contributed by atoms with Gasteiger partial charge in [-0.05, 0) is 42.6 Å². The molecule has 0 aromatic carbocycles. The molecule has 0 bridgehead atoms. The first-order chi connectivity index (χ1) is 11.7. The number of hydrogen-bond acceptors (Lipinski definition) is 5. The Morgan fingerprint density at radius 1 is 1.17 bits per heavy atom. The van der Waals surface area contributed by atoms with Gasteiger partial charge in [0.2, 0.25) is 5.91 Å². The number of nitrogens with one attached hydrogen (secondary N) is 1. The molecule has 0 saturated heterocycles. The third-order valence-electron chi connectivity index (χ3n) is 3.63. The lowest BCUT2D eigenvalue weighted by Gasteiger charge is -2.21. The summed E-state index contributed by atoms with van der Waals surface area (Å²) in [6.07, 6.45) is 3.26. The molecule has 3 rings (SSSR count). The number of carbonyl (C=O) groups excluding carboxylic acids is 1. The molecular formula is C18H20N2O3S. The van der Waals surface area contributed by atoms with Crippen molar-refractivity contribution in [2.45, 2.75) is 26.1 Å². The Morgan fingerprint density at radius 3 is 2.67 bits per heavy atom. The van der Waals surface area contributed by atoms with Crippen LogP contribution in [0.25, 0.3) is 0 Å². The Hall–Kier alpha value is -2.31. The van der Waals surface area contributed by atoms with Crippen molar-refractivity contribution in [1.29, 1.82) is 0 Å². The van der Waals surface area contributed by atoms with E-state index in [1.165, 1.54) is 4.88 Å². The number of hydrogen-bond donors (Lipinski definition) is 1. The Morgan fingerprint density at radius 2 is 2.00 bits per heavy atom. The van der Waals surface area contributed by atoms with E-state index in [4.69, 9.17) is 8.83 Å². The second-order valence-electron chi connectivity index (χ2n) is 5.61. The van der Waals surface area contributed by atoms with Gasteiger partial charge in [0, 0.05) is 11.4 Å². The maximum Gasteiger partial charge on any atom is 0.234 e. The first kappa shape index (κ1) is 16.5. The second-order valence-corrected chi connectivity index (χ2v) is 6.64. The highest BCUT2D eigenvalue weighted by Gasteiger charge is 2.17. The van der Waals surface area contributed by atoms with Crippen molar-refractivity contribution in [3.05, 3.63) is 70.7 Å². The topological polar surface area (TPSA) is 58.6 Å². The van der Waals surface area contributed by atoms with Crippen molar-refractivity contribution >= 4 is 17.2 Å². The van der Waals surface area contributed by atoms with E-state index in [9.17, 15) is 4.79 Å². The summed E-state index contributed by atoms with van der Waals surface area (Å²) in [5, 5.41) is 5.01. The average Bonchev–Trinajstić information content (AvgIpc) is 3.31. The molecule has 1 N–H and O–H groups in total. The standard InChI is InChI=1S/C18H20N2O3S/c1-14(17-7-3-9-23-17)19-18(21)13-20(11-15-5-2-8-22-15)12-16-6-4-10-24-16/h2-10,14H,11-13H2,1H3,(H,19,21)/t14-/m0/s1. The number of rotatable bonds is 8. The van der Waals surface area contributed by atoms with Crippen molar-refractivity contribution in [2.75, 3.05) is 6.54 Å². The lowest BCUT2D eigenvalue weighted by Crippen LogP contribution is -2.37. The highest BCUT2D eigenvalue weighted by molar-refractivity contribution is 7.09. The quantitative estimate of drug-likeness (QED) is 0.675. The zero-order chi connectivity index (χ0) is 16.8. The van der Waals surface area contributed by atoms with Gasteiger partial charge in [-0.1, -0.05) is 6.07 Å². The molecule has 126 valence electrons. The largest absolute Gasteiger partial charge is 0.468 e. The first-order valence-corrected chi connectivity index (χ1v) is 8.68. The van der Waals surface area contributed by atoms with Crippen LogP contribution in [-0.2, 0) is 17.9 Å². The summed E-state index contributed by atoms with van der Waals surface area (Å²) in [5.41, 5.74) is 0. The van der Waals surface area contributed by atoms with Crippen molar-refractivity contribution in [3.63, 3.8) is 0 Å². The van der Waals surface area contributed by atoms with E-state index in [0.717, 1.165) is 11.5 Å². The van der Waals surface area contributed by atoms with Gasteiger partial charge >= 0.3 is 0 Å². The van der Waals surface area contributed by atoms with Crippen molar-refractivity contribution in [1.82, 2.24) is 10.2 Å². The van der Waals surface area contributed by atoms with Gasteiger partial charge in [-0.15, -0.1) is 11.3 Å². The summed E-state index contributed by atoms with van der Waals surface area (Å²) < 4.78 is 10.7. The molecule has 5 nitrogen and oxygen atoms in total. The molecule has 0 aliphatic heterocycles. The molecule has 3 heterocycles. The number of nitrogens with zero attached hydrogens (tertiary/aromatic N) is 1. The lowest BCUT2D eigenvalue weighted by atomic mass is 10.2. The number of thiophene rings is 1. The molecule has 0 radical (unpaired) electrons. The first-order valence-electron chi connectivity index (χ1n) is 7.80. The normalized spacial score (nSPS) is 12.4. The molecule has 0 unspecified atom stereocenters. The fourth-order valence-electron chi connectivity index (χ4n) is 2.51. The van der Waals surface area contributed by atoms with Crippen LogP contribution in [0.1, 0.15) is 29.4 Å². The molecule has 6 heteroatoms. The van der Waals surface area contributed by atoms with E-state index in [0.29, 0.717) is 19.6 Å². The molecule has 0 spiro atoms. The summed E-state index contributed by atoms with van der Waals surface area (Å²) in [6, 6.07) is 11.4. The molecule has 0 fully saturated rings. The summed E-state index contributed by atoms with van der Waals surface area (Å²) in [6.45, 7) is 3.50.